The van der Waals surface area contributed by atoms with E-state index < -0.39 is 13.1 Å². The Hall–Kier alpha value is -11.1. The Morgan fingerprint density at radius 2 is 0.915 bits per heavy atom. The lowest BCUT2D eigenvalue weighted by molar-refractivity contribution is 0.0696. The zero-order valence-electron chi connectivity index (χ0n) is 47.5. The van der Waals surface area contributed by atoms with Crippen molar-refractivity contribution >= 4 is 46.3 Å². The molecular weight excluding hydrogens is 1380 g/mol. The average Bonchev–Trinajstić information content (AvgIpc) is 1.75. The molecule has 18 nitrogen and oxygen atoms in total. The zero-order valence-corrected chi connectivity index (χ0v) is 46.5. The predicted molar refractivity (Wildman–Crippen MR) is 276 cm³/mol. The van der Waals surface area contributed by atoms with Crippen LogP contribution in [0, 0.1) is 27.7 Å². The normalized spacial score (nSPS) is 8.56. The van der Waals surface area contributed by atoms with Gasteiger partial charge in [-0.15, -0.1) is 0 Å². The van der Waals surface area contributed by atoms with Crippen LogP contribution < -0.4 is 16.4 Å². The molecule has 94 heavy (non-hydrogen) atoms. The third-order valence-corrected chi connectivity index (χ3v) is 9.57. The van der Waals surface area contributed by atoms with Crippen molar-refractivity contribution in [3.63, 3.8) is 0 Å². The Kier molecular flexibility index (Phi) is 74.9. The lowest BCUT2D eigenvalue weighted by atomic mass is 10.1. The number of alkyl halides is 1. The number of amides is 2. The first-order chi connectivity index (χ1) is 46.3. The van der Waals surface area contributed by atoms with Gasteiger partial charge in [-0.2, -0.15) is 4.98 Å². The molecule has 0 unspecified atom stereocenters. The number of nitrogens with two attached hydrogens (primary N) is 1. The van der Waals surface area contributed by atoms with E-state index in [1.165, 1.54) is 18.3 Å². The lowest BCUT2D eigenvalue weighted by Crippen LogP contribution is -2.15. The molecule has 0 saturated carbocycles. The molecule has 0 saturated heterocycles. The minimum absolute atomic E-state index is 0.0358. The Labute approximate surface area is 506 Å². The summed E-state index contributed by atoms with van der Waals surface area (Å²) in [5.74, 6) is -0.836. The molecule has 0 aliphatic carbocycles. The number of aromatic carboxylic acids is 1. The molecule has 0 spiro atoms. The molecule has 6 N–H and O–H groups in total. The number of carbonyl (C=O) groups excluding carboxylic acids is 2. The number of rotatable bonds is 8. The van der Waals surface area contributed by atoms with Gasteiger partial charge in [0.05, 0.1) is 26.5 Å². The van der Waals surface area contributed by atoms with Crippen LogP contribution in [0.1, 0.15) is 60.9 Å². The summed E-state index contributed by atoms with van der Waals surface area (Å²) < 4.78 is 248. The molecule has 2 amide bonds. The smallest absolute Gasteiger partial charge is 0.335 e. The fraction of sp³-hybridized carbons (Fsp3) is 0.106. The summed E-state index contributed by atoms with van der Waals surface area (Å²) in [7, 11) is -1.00. The van der Waals surface area contributed by atoms with E-state index >= 15 is 0 Å². The maximum atomic E-state index is 12.9. The number of anilines is 2. The van der Waals surface area contributed by atoms with Crippen molar-refractivity contribution < 1.29 is 163 Å². The van der Waals surface area contributed by atoms with E-state index in [4.69, 9.17) is 150 Å². The van der Waals surface area contributed by atoms with Crippen molar-refractivity contribution in [2.45, 2.75) is 27.7 Å². The molecule has 0 aliphatic rings. The zero-order chi connectivity index (χ0) is 76.0. The SMILES string of the molecule is Cc1ccc(C(=O)O)cc1NC(=O)c1cnc2ccccn12.Cc1cccc(-c2noc(-c3ccc(C)c(NC(=O)c4cnc5ccccn45)c3)n2)n1.Cc1cccc(/C(N)=N/O)n1.FF.FF.FF.FF.FF.FF.FF.FF.FF.FF.FF.FF.FF.FF.[2H]CF. The second-order valence-electron chi connectivity index (χ2n) is 14.2. The summed E-state index contributed by atoms with van der Waals surface area (Å²) in [5, 5.41) is 29.9. The Bertz CT molecular complexity index is 3300. The summed E-state index contributed by atoms with van der Waals surface area (Å²) in [4.78, 5) is 57.7. The largest absolute Gasteiger partial charge is 0.478 e. The number of carboxylic acid groups (broad SMARTS) is 1. The van der Waals surface area contributed by atoms with Gasteiger partial charge in [0.15, 0.2) is 5.84 Å². The molecule has 47 heteroatoms. The van der Waals surface area contributed by atoms with Crippen LogP contribution >= 0.6 is 0 Å². The number of halogens is 29. The second-order valence-corrected chi connectivity index (χ2v) is 14.2. The number of hydrogen-bond acceptors (Lipinski definition) is 12. The first-order valence-corrected chi connectivity index (χ1v) is 21.8. The van der Waals surface area contributed by atoms with Crippen LogP contribution in [0.5, 0.6) is 0 Å². The van der Waals surface area contributed by atoms with Crippen molar-refractivity contribution in [2.24, 2.45) is 10.9 Å². The van der Waals surface area contributed by atoms with Gasteiger partial charge in [0.25, 0.3) is 17.7 Å². The lowest BCUT2D eigenvalue weighted by Gasteiger charge is -2.09. The van der Waals surface area contributed by atoms with Crippen molar-refractivity contribution in [1.29, 1.82) is 0 Å². The van der Waals surface area contributed by atoms with Gasteiger partial charge >= 0.3 is 5.97 Å². The van der Waals surface area contributed by atoms with Gasteiger partial charge in [0, 0.05) is 169 Å². The Morgan fingerprint density at radius 1 is 0.521 bits per heavy atom. The number of carboxylic acids is 1. The van der Waals surface area contributed by atoms with E-state index in [2.05, 4.69) is 45.9 Å². The van der Waals surface area contributed by atoms with E-state index in [9.17, 15) is 18.8 Å². The Morgan fingerprint density at radius 3 is 1.31 bits per heavy atom. The Balaban J connectivity index is -0.000000145. The molecule has 0 aliphatic heterocycles. The third-order valence-electron chi connectivity index (χ3n) is 9.57. The number of nitrogens with zero attached hydrogens (tertiary/aromatic N) is 9. The molecule has 7 heterocycles. The number of amidine groups is 1. The van der Waals surface area contributed by atoms with E-state index in [0.29, 0.717) is 62.7 Å². The van der Waals surface area contributed by atoms with Crippen LogP contribution in [0.4, 0.5) is 144 Å². The molecule has 0 radical (unpaired) electrons. The van der Waals surface area contributed by atoms with Gasteiger partial charge < -0.3 is 31.2 Å². The topological polar surface area (TPSA) is 253 Å². The maximum Gasteiger partial charge on any atom is 0.335 e. The monoisotopic (exact) mass is 1420 g/mol. The number of carbonyl (C=O) groups is 3. The minimum atomic E-state index is -1.04. The van der Waals surface area contributed by atoms with Gasteiger partial charge in [0.1, 0.15) is 34.1 Å². The number of nitrogens with one attached hydrogen (secondary N) is 2. The van der Waals surface area contributed by atoms with Crippen LogP contribution in [-0.2, 0) is 0 Å². The fourth-order valence-corrected chi connectivity index (χ4v) is 6.20. The summed E-state index contributed by atoms with van der Waals surface area (Å²) in [5.41, 5.74) is 14.0. The highest BCUT2D eigenvalue weighted by atomic mass is 20.0. The third kappa shape index (κ3) is 37.2. The molecule has 2 aromatic carbocycles. The van der Waals surface area contributed by atoms with E-state index in [0.717, 1.165) is 22.5 Å². The van der Waals surface area contributed by atoms with Crippen LogP contribution in [0.15, 0.2) is 144 Å². The molecule has 9 rings (SSSR count). The fourth-order valence-electron chi connectivity index (χ4n) is 6.20. The molecule has 530 valence electrons. The number of benzene rings is 2. The highest BCUT2D eigenvalue weighted by molar-refractivity contribution is 6.05. The summed E-state index contributed by atoms with van der Waals surface area (Å²) >= 11 is 0. The van der Waals surface area contributed by atoms with Crippen LogP contribution in [-0.4, -0.2) is 80.0 Å². The van der Waals surface area contributed by atoms with Gasteiger partial charge in [-0.1, -0.05) is 46.7 Å². The predicted octanol–water partition coefficient (Wildman–Crippen LogP) is 19.7. The molecule has 0 fully saturated rings. The number of imidazole rings is 2. The summed E-state index contributed by atoms with van der Waals surface area (Å²) in [6, 6.07) is 32.2. The molecule has 0 atom stereocenters. The highest BCUT2D eigenvalue weighted by Gasteiger charge is 2.18. The van der Waals surface area contributed by atoms with Crippen molar-refractivity contribution in [3.8, 4) is 23.0 Å². The second kappa shape index (κ2) is 71.0. The number of hydrogen-bond donors (Lipinski definition) is 5. The standard InChI is InChI=1S/C23H18N6O2.C16H13N3O3.C7H9N3O.CH3F.14F2/c1-14-9-10-16(23-27-21(28-31-23)17-7-5-6-15(2)25-17)12-18(14)26-22(30)19-13-24-20-8-3-4-11-29(19)20;1-10-5-6-11(16(21)22)8-12(10)18-15(20)13-9-17-14-4-2-3-7-19(13)14;1-5-3-2-4-6(9-5)7(8)10-11;15*1-2/h3-13H,1-2H3,(H,26,30);2-9H,1H3,(H,18,20)(H,21,22);2-4,11H,1H3,(H2,8,10);1H3;;;;;;;;;;;;;;/i;;;1D;;;;;;;;;;;;;;. The summed E-state index contributed by atoms with van der Waals surface area (Å²) in [6.45, 7) is 7.47. The van der Waals surface area contributed by atoms with E-state index in [-0.39, 0.29) is 23.2 Å². The number of pyridine rings is 4. The quantitative estimate of drug-likeness (QED) is 0.0312. The average molecular weight is 1420 g/mol. The van der Waals surface area contributed by atoms with Crippen molar-refractivity contribution in [2.75, 3.05) is 17.8 Å². The van der Waals surface area contributed by atoms with Crippen molar-refractivity contribution in [3.05, 3.63) is 179 Å². The number of oxime groups is 1. The highest BCUT2D eigenvalue weighted by Crippen LogP contribution is 2.27. The van der Waals surface area contributed by atoms with E-state index in [1.807, 2.05) is 93.6 Å². The maximum absolute atomic E-state index is 12.9. The van der Waals surface area contributed by atoms with Crippen molar-refractivity contribution in [1.82, 2.24) is 38.9 Å². The van der Waals surface area contributed by atoms with Gasteiger partial charge in [-0.3, -0.25) is 22.8 Å². The number of aromatic nitrogens is 8. The molecule has 0 bridgehead atoms. The van der Waals surface area contributed by atoms with E-state index in [1.54, 1.807) is 58.6 Å². The first kappa shape index (κ1) is 99.1. The molecular formula is C47H43F29N12O6. The van der Waals surface area contributed by atoms with Crippen LogP contribution in [0.2, 0.25) is 0 Å². The van der Waals surface area contributed by atoms with Gasteiger partial charge in [-0.05, 0) is 112 Å². The molecule has 9 aromatic rings. The van der Waals surface area contributed by atoms with Gasteiger partial charge in [-0.25, -0.2) is 24.7 Å². The molecule has 7 aromatic heterocycles. The minimum Gasteiger partial charge on any atom is -0.478 e. The first-order valence-electron chi connectivity index (χ1n) is 22.5. The number of fused-ring (bicyclic) bond motifs is 2. The summed E-state index contributed by atoms with van der Waals surface area (Å²) in [6.07, 6.45) is 6.60. The number of aryl methyl sites for hydroxylation is 4. The van der Waals surface area contributed by atoms with Gasteiger partial charge in [0.2, 0.25) is 5.82 Å². The van der Waals surface area contributed by atoms with Crippen LogP contribution in [0.3, 0.4) is 0 Å². The van der Waals surface area contributed by atoms with Crippen LogP contribution in [0.25, 0.3) is 34.3 Å².